The van der Waals surface area contributed by atoms with Gasteiger partial charge in [-0.25, -0.2) is 0 Å². The molecule has 1 N–H and O–H groups in total. The van der Waals surface area contributed by atoms with Crippen molar-refractivity contribution in [2.45, 2.75) is 6.61 Å². The minimum Gasteiger partial charge on any atom is -0.497 e. The molecule has 7 nitrogen and oxygen atoms in total. The number of hydrogen-bond donors (Lipinski definition) is 1. The zero-order chi connectivity index (χ0) is 22.2. The highest BCUT2D eigenvalue weighted by Gasteiger charge is 2.14. The van der Waals surface area contributed by atoms with E-state index >= 15 is 0 Å². The van der Waals surface area contributed by atoms with Crippen molar-refractivity contribution in [1.29, 1.82) is 0 Å². The van der Waals surface area contributed by atoms with E-state index in [9.17, 15) is 4.79 Å². The van der Waals surface area contributed by atoms with Crippen molar-refractivity contribution in [3.05, 3.63) is 71.8 Å². The number of methoxy groups -OCH3 is 4. The van der Waals surface area contributed by atoms with Crippen LogP contribution in [-0.2, 0) is 6.61 Å². The van der Waals surface area contributed by atoms with Crippen LogP contribution in [0, 0.1) is 0 Å². The van der Waals surface area contributed by atoms with Gasteiger partial charge in [-0.3, -0.25) is 4.79 Å². The van der Waals surface area contributed by atoms with Gasteiger partial charge in [0.05, 0.1) is 34.1 Å². The Morgan fingerprint density at radius 1 is 0.710 bits per heavy atom. The molecule has 0 saturated heterocycles. The van der Waals surface area contributed by atoms with Gasteiger partial charge in [-0.2, -0.15) is 0 Å². The van der Waals surface area contributed by atoms with E-state index in [1.54, 1.807) is 57.7 Å². The van der Waals surface area contributed by atoms with Crippen molar-refractivity contribution in [3.8, 4) is 28.7 Å². The largest absolute Gasteiger partial charge is 0.497 e. The van der Waals surface area contributed by atoms with E-state index in [1.807, 2.05) is 24.3 Å². The molecule has 0 fully saturated rings. The number of hydrogen-bond acceptors (Lipinski definition) is 6. The van der Waals surface area contributed by atoms with Crippen molar-refractivity contribution >= 4 is 11.6 Å². The fraction of sp³-hybridized carbons (Fsp3) is 0.208. The van der Waals surface area contributed by atoms with Crippen LogP contribution in [0.5, 0.6) is 28.7 Å². The van der Waals surface area contributed by atoms with Crippen LogP contribution in [0.15, 0.2) is 60.7 Å². The highest BCUT2D eigenvalue weighted by Crippen LogP contribution is 2.30. The lowest BCUT2D eigenvalue weighted by atomic mass is 10.1. The Bertz CT molecular complexity index is 1030. The lowest BCUT2D eigenvalue weighted by Gasteiger charge is -2.14. The van der Waals surface area contributed by atoms with Gasteiger partial charge in [0.2, 0.25) is 0 Å². The van der Waals surface area contributed by atoms with Gasteiger partial charge in [0.15, 0.2) is 0 Å². The van der Waals surface area contributed by atoms with Crippen molar-refractivity contribution < 1.29 is 28.5 Å². The number of carbonyl (C=O) groups is 1. The second-order valence-corrected chi connectivity index (χ2v) is 6.51. The van der Waals surface area contributed by atoms with E-state index in [1.165, 1.54) is 7.11 Å². The smallest absolute Gasteiger partial charge is 0.255 e. The summed E-state index contributed by atoms with van der Waals surface area (Å²) in [6.07, 6.45) is 0. The first kappa shape index (κ1) is 21.8. The first-order chi connectivity index (χ1) is 15.1. The van der Waals surface area contributed by atoms with Crippen molar-refractivity contribution in [1.82, 2.24) is 0 Å². The first-order valence-corrected chi connectivity index (χ1v) is 9.55. The van der Waals surface area contributed by atoms with Crippen LogP contribution in [0.25, 0.3) is 0 Å². The van der Waals surface area contributed by atoms with Crippen LogP contribution in [0.3, 0.4) is 0 Å². The summed E-state index contributed by atoms with van der Waals surface area (Å²) in [5.74, 6) is 2.92. The van der Waals surface area contributed by atoms with Crippen LogP contribution < -0.4 is 29.0 Å². The normalized spacial score (nSPS) is 10.2. The molecule has 0 radical (unpaired) electrons. The Balaban J connectivity index is 1.76. The van der Waals surface area contributed by atoms with Crippen LogP contribution in [0.1, 0.15) is 15.9 Å². The molecule has 1 amide bonds. The summed E-state index contributed by atoms with van der Waals surface area (Å²) >= 11 is 0. The van der Waals surface area contributed by atoms with Gasteiger partial charge in [0.1, 0.15) is 35.4 Å². The molecule has 0 aliphatic rings. The highest BCUT2D eigenvalue weighted by molar-refractivity contribution is 6.05. The summed E-state index contributed by atoms with van der Waals surface area (Å²) in [5.41, 5.74) is 1.75. The second kappa shape index (κ2) is 10.2. The molecule has 0 aliphatic heterocycles. The second-order valence-electron chi connectivity index (χ2n) is 6.51. The molecule has 0 aliphatic carbocycles. The maximum absolute atomic E-state index is 12.8. The number of benzene rings is 3. The third-order valence-corrected chi connectivity index (χ3v) is 4.65. The summed E-state index contributed by atoms with van der Waals surface area (Å²) < 4.78 is 27.0. The predicted molar refractivity (Wildman–Crippen MR) is 118 cm³/mol. The van der Waals surface area contributed by atoms with Crippen LogP contribution >= 0.6 is 0 Å². The van der Waals surface area contributed by atoms with E-state index in [-0.39, 0.29) is 12.5 Å². The van der Waals surface area contributed by atoms with Gasteiger partial charge in [0, 0.05) is 17.2 Å². The minimum atomic E-state index is -0.281. The molecule has 0 unspecified atom stereocenters. The van der Waals surface area contributed by atoms with Gasteiger partial charge in [-0.05, 0) is 54.6 Å². The SMILES string of the molecule is COc1ccc(OCc2cc(C(=O)Nc3ccc(OC)cc3OC)ccc2OC)cc1. The molecule has 3 aromatic rings. The quantitative estimate of drug-likeness (QED) is 0.544. The molecule has 0 atom stereocenters. The maximum Gasteiger partial charge on any atom is 0.255 e. The Morgan fingerprint density at radius 2 is 1.35 bits per heavy atom. The molecule has 0 saturated carbocycles. The summed E-state index contributed by atoms with van der Waals surface area (Å²) in [5, 5.41) is 2.87. The molecule has 3 aromatic carbocycles. The molecular weight excluding hydrogens is 398 g/mol. The van der Waals surface area contributed by atoms with Gasteiger partial charge in [-0.1, -0.05) is 0 Å². The standard InChI is InChI=1S/C24H25NO6/c1-27-18-6-8-19(9-7-18)31-15-17-13-16(5-12-22(17)29-3)24(26)25-21-11-10-20(28-2)14-23(21)30-4/h5-14H,15H2,1-4H3,(H,25,26). The number of anilines is 1. The van der Waals surface area contributed by atoms with Crippen molar-refractivity contribution in [3.63, 3.8) is 0 Å². The molecular formula is C24H25NO6. The van der Waals surface area contributed by atoms with E-state index in [0.29, 0.717) is 34.2 Å². The third kappa shape index (κ3) is 5.39. The Labute approximate surface area is 181 Å². The van der Waals surface area contributed by atoms with Crippen molar-refractivity contribution in [2.75, 3.05) is 33.8 Å². The number of amides is 1. The summed E-state index contributed by atoms with van der Waals surface area (Å²) in [6, 6.07) is 17.6. The summed E-state index contributed by atoms with van der Waals surface area (Å²) in [7, 11) is 6.29. The lowest BCUT2D eigenvalue weighted by molar-refractivity contribution is 0.102. The molecule has 0 aromatic heterocycles. The fourth-order valence-electron chi connectivity index (χ4n) is 2.96. The number of ether oxygens (including phenoxy) is 5. The number of rotatable bonds is 9. The maximum atomic E-state index is 12.8. The lowest BCUT2D eigenvalue weighted by Crippen LogP contribution is -2.13. The summed E-state index contributed by atoms with van der Waals surface area (Å²) in [4.78, 5) is 12.8. The van der Waals surface area contributed by atoms with Crippen molar-refractivity contribution in [2.24, 2.45) is 0 Å². The molecule has 31 heavy (non-hydrogen) atoms. The third-order valence-electron chi connectivity index (χ3n) is 4.65. The first-order valence-electron chi connectivity index (χ1n) is 9.55. The van der Waals surface area contributed by atoms with Gasteiger partial charge in [-0.15, -0.1) is 0 Å². The van der Waals surface area contributed by atoms with E-state index in [4.69, 9.17) is 23.7 Å². The monoisotopic (exact) mass is 423 g/mol. The molecule has 162 valence electrons. The van der Waals surface area contributed by atoms with E-state index in [2.05, 4.69) is 5.32 Å². The molecule has 0 bridgehead atoms. The predicted octanol–water partition coefficient (Wildman–Crippen LogP) is 4.55. The van der Waals surface area contributed by atoms with Gasteiger partial charge >= 0.3 is 0 Å². The van der Waals surface area contributed by atoms with Gasteiger partial charge < -0.3 is 29.0 Å². The average Bonchev–Trinajstić information content (AvgIpc) is 2.82. The fourth-order valence-corrected chi connectivity index (χ4v) is 2.96. The number of nitrogens with one attached hydrogen (secondary N) is 1. The van der Waals surface area contributed by atoms with E-state index in [0.717, 1.165) is 11.3 Å². The van der Waals surface area contributed by atoms with Gasteiger partial charge in [0.25, 0.3) is 5.91 Å². The Morgan fingerprint density at radius 3 is 2.00 bits per heavy atom. The van der Waals surface area contributed by atoms with E-state index < -0.39 is 0 Å². The summed E-state index contributed by atoms with van der Waals surface area (Å²) in [6.45, 7) is 0.239. The average molecular weight is 423 g/mol. The molecule has 0 spiro atoms. The zero-order valence-electron chi connectivity index (χ0n) is 17.9. The molecule has 0 heterocycles. The van der Waals surface area contributed by atoms with Crippen LogP contribution in [0.4, 0.5) is 5.69 Å². The Kier molecular flexibility index (Phi) is 7.22. The van der Waals surface area contributed by atoms with Crippen LogP contribution in [0.2, 0.25) is 0 Å². The van der Waals surface area contributed by atoms with Crippen LogP contribution in [-0.4, -0.2) is 34.3 Å². The topological polar surface area (TPSA) is 75.3 Å². The molecule has 3 rings (SSSR count). The molecule has 7 heteroatoms. The highest BCUT2D eigenvalue weighted by atomic mass is 16.5. The zero-order valence-corrected chi connectivity index (χ0v) is 17.9. The Hall–Kier alpha value is -3.87. The minimum absolute atomic E-state index is 0.239. The number of carbonyl (C=O) groups excluding carboxylic acids is 1.